The molecule has 0 bridgehead atoms. The summed E-state index contributed by atoms with van der Waals surface area (Å²) in [6, 6.07) is 0.635. The normalized spacial score (nSPS) is 24.4. The van der Waals surface area contributed by atoms with Gasteiger partial charge in [-0.3, -0.25) is 0 Å². The van der Waals surface area contributed by atoms with Gasteiger partial charge in [0.05, 0.1) is 0 Å². The molecule has 0 aromatic carbocycles. The van der Waals surface area contributed by atoms with Crippen molar-refractivity contribution in [1.82, 2.24) is 20.4 Å². The molecule has 1 rings (SSSR count). The van der Waals surface area contributed by atoms with Crippen molar-refractivity contribution in [2.45, 2.75) is 6.04 Å². The van der Waals surface area contributed by atoms with Crippen LogP contribution in [-0.4, -0.2) is 76.3 Å². The Hall–Kier alpha value is -0.160. The molecule has 1 unspecified atom stereocenters. The minimum atomic E-state index is 0.635. The maximum atomic E-state index is 3.55. The molecule has 0 amide bonds. The molecule has 84 valence electrons. The van der Waals surface area contributed by atoms with Crippen LogP contribution in [0.3, 0.4) is 0 Å². The Morgan fingerprint density at radius 2 is 2.36 bits per heavy atom. The summed E-state index contributed by atoms with van der Waals surface area (Å²) in [6.07, 6.45) is 0. The molecule has 1 saturated heterocycles. The van der Waals surface area contributed by atoms with Gasteiger partial charge in [0, 0.05) is 45.3 Å². The lowest BCUT2D eigenvalue weighted by atomic mass is 10.2. The molecule has 1 aliphatic heterocycles. The maximum absolute atomic E-state index is 3.55. The molecule has 0 saturated carbocycles. The number of nitrogens with one attached hydrogen (secondary N) is 2. The summed E-state index contributed by atoms with van der Waals surface area (Å²) in [5.74, 6) is 0. The fraction of sp³-hybridized carbons (Fsp3) is 1.00. The van der Waals surface area contributed by atoms with Crippen LogP contribution < -0.4 is 10.6 Å². The molecular formula is C10H24N4. The molecule has 4 heteroatoms. The van der Waals surface area contributed by atoms with Crippen LogP contribution in [0.5, 0.6) is 0 Å². The molecule has 1 fully saturated rings. The second-order valence-electron chi connectivity index (χ2n) is 4.28. The van der Waals surface area contributed by atoms with Crippen LogP contribution in [0.25, 0.3) is 0 Å². The average molecular weight is 200 g/mol. The lowest BCUT2D eigenvalue weighted by Crippen LogP contribution is -2.53. The lowest BCUT2D eigenvalue weighted by molar-refractivity contribution is 0.196. The van der Waals surface area contributed by atoms with Crippen molar-refractivity contribution in [2.24, 2.45) is 0 Å². The summed E-state index contributed by atoms with van der Waals surface area (Å²) >= 11 is 0. The SMILES string of the molecule is CNCCN(C)CC1CN(C)CCN1. The van der Waals surface area contributed by atoms with Crippen LogP contribution in [-0.2, 0) is 0 Å². The third-order valence-corrected chi connectivity index (χ3v) is 2.73. The predicted molar refractivity (Wildman–Crippen MR) is 60.7 cm³/mol. The summed E-state index contributed by atoms with van der Waals surface area (Å²) in [6.45, 7) is 6.81. The van der Waals surface area contributed by atoms with Gasteiger partial charge in [0.25, 0.3) is 0 Å². The van der Waals surface area contributed by atoms with Gasteiger partial charge in [-0.25, -0.2) is 0 Å². The van der Waals surface area contributed by atoms with Gasteiger partial charge in [-0.2, -0.15) is 0 Å². The minimum Gasteiger partial charge on any atom is -0.318 e. The van der Waals surface area contributed by atoms with Crippen LogP contribution in [0, 0.1) is 0 Å². The summed E-state index contributed by atoms with van der Waals surface area (Å²) in [4.78, 5) is 4.78. The molecule has 0 aliphatic carbocycles. The van der Waals surface area contributed by atoms with E-state index in [-0.39, 0.29) is 0 Å². The first-order valence-electron chi connectivity index (χ1n) is 5.47. The van der Waals surface area contributed by atoms with Crippen molar-refractivity contribution in [3.05, 3.63) is 0 Å². The molecule has 0 aromatic rings. The van der Waals surface area contributed by atoms with E-state index in [2.05, 4.69) is 34.5 Å². The Bertz CT molecular complexity index is 151. The fourth-order valence-electron chi connectivity index (χ4n) is 1.88. The van der Waals surface area contributed by atoms with Crippen molar-refractivity contribution >= 4 is 0 Å². The monoisotopic (exact) mass is 200 g/mol. The zero-order chi connectivity index (χ0) is 10.4. The van der Waals surface area contributed by atoms with Crippen LogP contribution in [0.4, 0.5) is 0 Å². The molecular weight excluding hydrogens is 176 g/mol. The average Bonchev–Trinajstić information content (AvgIpc) is 2.15. The van der Waals surface area contributed by atoms with Crippen LogP contribution in [0.1, 0.15) is 0 Å². The highest BCUT2D eigenvalue weighted by molar-refractivity contribution is 4.79. The summed E-state index contributed by atoms with van der Waals surface area (Å²) in [5, 5.41) is 6.73. The van der Waals surface area contributed by atoms with E-state index in [1.807, 2.05) is 7.05 Å². The Balaban J connectivity index is 2.15. The minimum absolute atomic E-state index is 0.635. The Morgan fingerprint density at radius 3 is 3.00 bits per heavy atom. The van der Waals surface area contributed by atoms with E-state index >= 15 is 0 Å². The number of likely N-dealkylation sites (N-methyl/N-ethyl adjacent to an activating group) is 3. The van der Waals surface area contributed by atoms with Crippen molar-refractivity contribution in [1.29, 1.82) is 0 Å². The van der Waals surface area contributed by atoms with Gasteiger partial charge in [-0.1, -0.05) is 0 Å². The molecule has 0 aromatic heterocycles. The highest BCUT2D eigenvalue weighted by Crippen LogP contribution is 1.97. The molecule has 1 aliphatic rings. The first-order chi connectivity index (χ1) is 6.72. The maximum Gasteiger partial charge on any atom is 0.0322 e. The molecule has 1 atom stereocenters. The molecule has 1 heterocycles. The van der Waals surface area contributed by atoms with Crippen LogP contribution >= 0.6 is 0 Å². The van der Waals surface area contributed by atoms with Crippen LogP contribution in [0.15, 0.2) is 0 Å². The number of piperazine rings is 1. The first-order valence-corrected chi connectivity index (χ1v) is 5.47. The number of nitrogens with zero attached hydrogens (tertiary/aromatic N) is 2. The first kappa shape index (κ1) is 11.9. The van der Waals surface area contributed by atoms with E-state index in [1.54, 1.807) is 0 Å². The fourth-order valence-corrected chi connectivity index (χ4v) is 1.88. The van der Waals surface area contributed by atoms with E-state index in [4.69, 9.17) is 0 Å². The van der Waals surface area contributed by atoms with Gasteiger partial charge >= 0.3 is 0 Å². The standard InChI is InChI=1S/C10H24N4/c1-11-4-6-13(2)8-10-9-14(3)7-5-12-10/h10-12H,4-9H2,1-3H3. The van der Waals surface area contributed by atoms with Gasteiger partial charge < -0.3 is 20.4 Å². The quantitative estimate of drug-likeness (QED) is 0.598. The van der Waals surface area contributed by atoms with Gasteiger partial charge in [0.2, 0.25) is 0 Å². The molecule has 2 N–H and O–H groups in total. The van der Waals surface area contributed by atoms with E-state index in [9.17, 15) is 0 Å². The van der Waals surface area contributed by atoms with E-state index in [0.717, 1.165) is 26.2 Å². The van der Waals surface area contributed by atoms with Gasteiger partial charge in [-0.05, 0) is 21.1 Å². The molecule has 4 nitrogen and oxygen atoms in total. The third kappa shape index (κ3) is 4.37. The molecule has 0 radical (unpaired) electrons. The molecule has 0 spiro atoms. The molecule has 14 heavy (non-hydrogen) atoms. The summed E-state index contributed by atoms with van der Waals surface area (Å²) in [5.41, 5.74) is 0. The topological polar surface area (TPSA) is 30.5 Å². The van der Waals surface area contributed by atoms with E-state index < -0.39 is 0 Å². The summed E-state index contributed by atoms with van der Waals surface area (Å²) < 4.78 is 0. The predicted octanol–water partition coefficient (Wildman–Crippen LogP) is -0.959. The number of hydrogen-bond acceptors (Lipinski definition) is 4. The highest BCUT2D eigenvalue weighted by Gasteiger charge is 2.17. The van der Waals surface area contributed by atoms with E-state index in [1.165, 1.54) is 13.1 Å². The van der Waals surface area contributed by atoms with Crippen molar-refractivity contribution in [3.63, 3.8) is 0 Å². The highest BCUT2D eigenvalue weighted by atomic mass is 15.2. The lowest BCUT2D eigenvalue weighted by Gasteiger charge is -2.33. The Labute approximate surface area is 87.6 Å². The zero-order valence-corrected chi connectivity index (χ0v) is 9.71. The van der Waals surface area contributed by atoms with Crippen molar-refractivity contribution < 1.29 is 0 Å². The smallest absolute Gasteiger partial charge is 0.0322 e. The third-order valence-electron chi connectivity index (χ3n) is 2.73. The van der Waals surface area contributed by atoms with Crippen molar-refractivity contribution in [2.75, 3.05) is 60.4 Å². The zero-order valence-electron chi connectivity index (χ0n) is 9.71. The number of hydrogen-bond donors (Lipinski definition) is 2. The Kier molecular flexibility index (Phi) is 5.40. The Morgan fingerprint density at radius 1 is 1.57 bits per heavy atom. The number of rotatable bonds is 5. The van der Waals surface area contributed by atoms with Gasteiger partial charge in [-0.15, -0.1) is 0 Å². The van der Waals surface area contributed by atoms with Crippen molar-refractivity contribution in [3.8, 4) is 0 Å². The summed E-state index contributed by atoms with van der Waals surface area (Å²) in [7, 11) is 6.38. The van der Waals surface area contributed by atoms with Crippen LogP contribution in [0.2, 0.25) is 0 Å². The van der Waals surface area contributed by atoms with Gasteiger partial charge in [0.1, 0.15) is 0 Å². The van der Waals surface area contributed by atoms with Gasteiger partial charge in [0.15, 0.2) is 0 Å². The van der Waals surface area contributed by atoms with E-state index in [0.29, 0.717) is 6.04 Å². The second-order valence-corrected chi connectivity index (χ2v) is 4.28. The second kappa shape index (κ2) is 6.35. The largest absolute Gasteiger partial charge is 0.318 e.